The zero-order valence-corrected chi connectivity index (χ0v) is 16.1. The van der Waals surface area contributed by atoms with Gasteiger partial charge < -0.3 is 9.64 Å². The lowest BCUT2D eigenvalue weighted by molar-refractivity contribution is 0.326. The van der Waals surface area contributed by atoms with E-state index in [9.17, 15) is 8.42 Å². The van der Waals surface area contributed by atoms with E-state index in [0.29, 0.717) is 31.4 Å². The Morgan fingerprint density at radius 1 is 1.27 bits per heavy atom. The Labute approximate surface area is 154 Å². The van der Waals surface area contributed by atoms with E-state index in [0.717, 1.165) is 11.3 Å². The van der Waals surface area contributed by atoms with E-state index < -0.39 is 10.0 Å². The average Bonchev–Trinajstić information content (AvgIpc) is 3.00. The fraction of sp³-hybridized carbons (Fsp3) is 0.444. The highest BCUT2D eigenvalue weighted by atomic mass is 32.2. The molecule has 0 bridgehead atoms. The SMILES string of the molecule is CCOc1ccnc(N(C)C(C)c2ccc(N3CCCS3(=O)=O)cc2)n1. The third-order valence-electron chi connectivity index (χ3n) is 4.57. The van der Waals surface area contributed by atoms with Crippen molar-refractivity contribution in [3.63, 3.8) is 0 Å². The van der Waals surface area contributed by atoms with Gasteiger partial charge in [0.1, 0.15) is 0 Å². The zero-order valence-electron chi connectivity index (χ0n) is 15.3. The molecule has 2 aromatic rings. The van der Waals surface area contributed by atoms with E-state index in [1.54, 1.807) is 12.3 Å². The van der Waals surface area contributed by atoms with Crippen LogP contribution < -0.4 is 13.9 Å². The minimum atomic E-state index is -3.15. The zero-order chi connectivity index (χ0) is 18.7. The Kier molecular flexibility index (Phi) is 5.31. The van der Waals surface area contributed by atoms with Crippen LogP contribution >= 0.6 is 0 Å². The maximum absolute atomic E-state index is 12.0. The topological polar surface area (TPSA) is 75.6 Å². The van der Waals surface area contributed by atoms with Crippen molar-refractivity contribution in [2.24, 2.45) is 0 Å². The fourth-order valence-electron chi connectivity index (χ4n) is 2.98. The van der Waals surface area contributed by atoms with E-state index in [-0.39, 0.29) is 11.8 Å². The Balaban J connectivity index is 1.77. The molecular weight excluding hydrogens is 352 g/mol. The lowest BCUT2D eigenvalue weighted by Gasteiger charge is -2.26. The smallest absolute Gasteiger partial charge is 0.235 e. The number of benzene rings is 1. The summed E-state index contributed by atoms with van der Waals surface area (Å²) in [5.41, 5.74) is 1.77. The van der Waals surface area contributed by atoms with Crippen LogP contribution in [0.5, 0.6) is 5.88 Å². The van der Waals surface area contributed by atoms with E-state index >= 15 is 0 Å². The fourth-order valence-corrected chi connectivity index (χ4v) is 4.54. The quantitative estimate of drug-likeness (QED) is 0.771. The first-order valence-electron chi connectivity index (χ1n) is 8.71. The van der Waals surface area contributed by atoms with Gasteiger partial charge in [-0.25, -0.2) is 13.4 Å². The summed E-state index contributed by atoms with van der Waals surface area (Å²) in [6.07, 6.45) is 2.36. The molecule has 0 N–H and O–H groups in total. The van der Waals surface area contributed by atoms with E-state index in [1.165, 1.54) is 4.31 Å². The van der Waals surface area contributed by atoms with Gasteiger partial charge in [0.25, 0.3) is 0 Å². The number of hydrogen-bond donors (Lipinski definition) is 0. The van der Waals surface area contributed by atoms with Gasteiger partial charge in [-0.1, -0.05) is 12.1 Å². The summed E-state index contributed by atoms with van der Waals surface area (Å²) in [5, 5.41) is 0. The van der Waals surface area contributed by atoms with Crippen LogP contribution in [0.2, 0.25) is 0 Å². The molecule has 1 aliphatic heterocycles. The van der Waals surface area contributed by atoms with Gasteiger partial charge in [-0.3, -0.25) is 4.31 Å². The monoisotopic (exact) mass is 376 g/mol. The second-order valence-electron chi connectivity index (χ2n) is 6.25. The van der Waals surface area contributed by atoms with Gasteiger partial charge in [-0.2, -0.15) is 4.98 Å². The second kappa shape index (κ2) is 7.49. The van der Waals surface area contributed by atoms with E-state index in [2.05, 4.69) is 16.9 Å². The van der Waals surface area contributed by atoms with Crippen molar-refractivity contribution in [2.45, 2.75) is 26.3 Å². The lowest BCUT2D eigenvalue weighted by Crippen LogP contribution is -2.26. The van der Waals surface area contributed by atoms with Crippen LogP contribution in [0.4, 0.5) is 11.6 Å². The van der Waals surface area contributed by atoms with E-state index in [4.69, 9.17) is 4.74 Å². The predicted molar refractivity (Wildman–Crippen MR) is 102 cm³/mol. The Bertz CT molecular complexity index is 855. The lowest BCUT2D eigenvalue weighted by atomic mass is 10.1. The number of rotatable bonds is 6. The van der Waals surface area contributed by atoms with Gasteiger partial charge in [-0.05, 0) is 38.0 Å². The highest BCUT2D eigenvalue weighted by Crippen LogP contribution is 2.28. The van der Waals surface area contributed by atoms with Crippen LogP contribution in [0.15, 0.2) is 36.5 Å². The Hall–Kier alpha value is -2.35. The highest BCUT2D eigenvalue weighted by Gasteiger charge is 2.28. The molecule has 0 spiro atoms. The van der Waals surface area contributed by atoms with Crippen molar-refractivity contribution in [3.05, 3.63) is 42.1 Å². The average molecular weight is 376 g/mol. The molecule has 0 amide bonds. The molecule has 1 saturated heterocycles. The van der Waals surface area contributed by atoms with Crippen molar-refractivity contribution >= 4 is 21.7 Å². The van der Waals surface area contributed by atoms with Crippen molar-refractivity contribution in [1.82, 2.24) is 9.97 Å². The van der Waals surface area contributed by atoms with Gasteiger partial charge in [0.2, 0.25) is 21.9 Å². The largest absolute Gasteiger partial charge is 0.478 e. The van der Waals surface area contributed by atoms with Crippen LogP contribution in [0, 0.1) is 0 Å². The van der Waals surface area contributed by atoms with Crippen LogP contribution in [-0.2, 0) is 10.0 Å². The third-order valence-corrected chi connectivity index (χ3v) is 6.44. The molecule has 1 atom stereocenters. The standard InChI is InChI=1S/C18H24N4O3S/c1-4-25-17-10-11-19-18(20-17)21(3)14(2)15-6-8-16(9-7-15)22-12-5-13-26(22,23)24/h6-11,14H,4-5,12-13H2,1-3H3. The first kappa shape index (κ1) is 18.4. The van der Waals surface area contributed by atoms with Crippen LogP contribution in [0.25, 0.3) is 0 Å². The van der Waals surface area contributed by atoms with Gasteiger partial charge in [0.05, 0.1) is 24.1 Å². The summed E-state index contributed by atoms with van der Waals surface area (Å²) in [7, 11) is -1.23. The molecule has 3 rings (SSSR count). The predicted octanol–water partition coefficient (Wildman–Crippen LogP) is 2.61. The summed E-state index contributed by atoms with van der Waals surface area (Å²) in [5.74, 6) is 1.35. The number of ether oxygens (including phenoxy) is 1. The van der Waals surface area contributed by atoms with Crippen molar-refractivity contribution < 1.29 is 13.2 Å². The number of anilines is 2. The number of sulfonamides is 1. The molecule has 26 heavy (non-hydrogen) atoms. The molecule has 2 heterocycles. The van der Waals surface area contributed by atoms with Crippen molar-refractivity contribution in [2.75, 3.05) is 35.2 Å². The molecule has 0 radical (unpaired) electrons. The third kappa shape index (κ3) is 3.75. The summed E-state index contributed by atoms with van der Waals surface area (Å²) >= 11 is 0. The molecule has 0 saturated carbocycles. The summed E-state index contributed by atoms with van der Waals surface area (Å²) in [6, 6.07) is 9.39. The molecular formula is C18H24N4O3S. The summed E-state index contributed by atoms with van der Waals surface area (Å²) in [4.78, 5) is 10.7. The highest BCUT2D eigenvalue weighted by molar-refractivity contribution is 7.93. The minimum absolute atomic E-state index is 0.0242. The maximum Gasteiger partial charge on any atom is 0.235 e. The molecule has 7 nitrogen and oxygen atoms in total. The number of hydrogen-bond acceptors (Lipinski definition) is 6. The first-order valence-corrected chi connectivity index (χ1v) is 10.3. The normalized spacial score (nSPS) is 17.1. The molecule has 1 unspecified atom stereocenters. The Morgan fingerprint density at radius 2 is 2.00 bits per heavy atom. The summed E-state index contributed by atoms with van der Waals surface area (Å²) < 4.78 is 31.0. The molecule has 8 heteroatoms. The van der Waals surface area contributed by atoms with Gasteiger partial charge in [0.15, 0.2) is 0 Å². The molecule has 0 aliphatic carbocycles. The second-order valence-corrected chi connectivity index (χ2v) is 8.26. The van der Waals surface area contributed by atoms with E-state index in [1.807, 2.05) is 43.1 Å². The van der Waals surface area contributed by atoms with Crippen LogP contribution in [-0.4, -0.2) is 44.3 Å². The van der Waals surface area contributed by atoms with Gasteiger partial charge in [-0.15, -0.1) is 0 Å². The van der Waals surface area contributed by atoms with Gasteiger partial charge >= 0.3 is 0 Å². The molecule has 1 aromatic carbocycles. The number of aromatic nitrogens is 2. The minimum Gasteiger partial charge on any atom is -0.478 e. The Morgan fingerprint density at radius 3 is 2.62 bits per heavy atom. The molecule has 1 fully saturated rings. The van der Waals surface area contributed by atoms with Gasteiger partial charge in [0, 0.05) is 25.9 Å². The number of nitrogens with zero attached hydrogens (tertiary/aromatic N) is 4. The first-order chi connectivity index (χ1) is 12.4. The van der Waals surface area contributed by atoms with Crippen LogP contribution in [0.3, 0.4) is 0 Å². The maximum atomic E-state index is 12.0. The van der Waals surface area contributed by atoms with Crippen LogP contribution in [0.1, 0.15) is 31.9 Å². The molecule has 140 valence electrons. The summed E-state index contributed by atoms with van der Waals surface area (Å²) in [6.45, 7) is 5.07. The van der Waals surface area contributed by atoms with Crippen molar-refractivity contribution in [1.29, 1.82) is 0 Å². The molecule has 1 aromatic heterocycles. The molecule has 1 aliphatic rings. The van der Waals surface area contributed by atoms with Crippen molar-refractivity contribution in [3.8, 4) is 5.88 Å².